The van der Waals surface area contributed by atoms with E-state index in [0.29, 0.717) is 55.6 Å². The van der Waals surface area contributed by atoms with Gasteiger partial charge in [-0.05, 0) is 55.9 Å². The van der Waals surface area contributed by atoms with E-state index in [1.807, 2.05) is 53.0 Å². The Hall–Kier alpha value is -4.64. The normalized spacial score (nSPS) is 22.6. The van der Waals surface area contributed by atoms with Crippen LogP contribution in [-0.4, -0.2) is 48.1 Å². The van der Waals surface area contributed by atoms with E-state index >= 15 is 0 Å². The number of carbonyl (C=O) groups is 2. The van der Waals surface area contributed by atoms with Crippen molar-refractivity contribution in [3.63, 3.8) is 0 Å². The number of carbonyl (C=O) groups excluding carboxylic acids is 2. The van der Waals surface area contributed by atoms with Crippen LogP contribution in [0.25, 0.3) is 16.9 Å². The summed E-state index contributed by atoms with van der Waals surface area (Å²) in [6.07, 6.45) is 5.74. The standard InChI is InChI=1S/C34H36N6O5/c1-4-8-28-26(18-21-11-12-24(22-9-6-5-7-10-22)25(17-21)27-19-29(41)38-37-27)30(42)39(32-35-20-36-40(28)32)23-13-15-34(16-14-23)44-31(43)33(2,3)45-34/h5-7,9-12,17,20,23H,4,8,13-16,18-19H2,1-3H3,(H,38,41). The van der Waals surface area contributed by atoms with Gasteiger partial charge in [-0.1, -0.05) is 55.8 Å². The molecule has 1 saturated carbocycles. The highest BCUT2D eigenvalue weighted by Gasteiger charge is 2.54. The molecule has 2 aliphatic heterocycles. The number of nitrogens with one attached hydrogen (secondary N) is 1. The van der Waals surface area contributed by atoms with Gasteiger partial charge in [0.05, 0.1) is 17.8 Å². The fraction of sp³-hybridized carbons (Fsp3) is 0.412. The molecule has 0 unspecified atom stereocenters. The number of fused-ring (bicyclic) bond motifs is 1. The number of hydrogen-bond acceptors (Lipinski definition) is 8. The third-order valence-corrected chi connectivity index (χ3v) is 9.11. The molecular formula is C34H36N6O5. The fourth-order valence-corrected chi connectivity index (χ4v) is 6.93. The number of ether oxygens (including phenoxy) is 2. The Bertz CT molecular complexity index is 1900. The first-order valence-corrected chi connectivity index (χ1v) is 15.6. The van der Waals surface area contributed by atoms with Gasteiger partial charge < -0.3 is 9.47 Å². The van der Waals surface area contributed by atoms with Crippen molar-refractivity contribution in [3.8, 4) is 11.1 Å². The Morgan fingerprint density at radius 2 is 1.80 bits per heavy atom. The SMILES string of the molecule is CCCc1c(Cc2ccc(-c3ccccc3)c(C3=NNC(=O)C3)c2)c(=O)n(C2CCC3(CC2)OC(=O)C(C)(C)O3)c2ncnn12. The van der Waals surface area contributed by atoms with E-state index in [1.54, 1.807) is 18.4 Å². The second-order valence-electron chi connectivity index (χ2n) is 12.7. The maximum Gasteiger partial charge on any atom is 0.340 e. The zero-order valence-electron chi connectivity index (χ0n) is 25.7. The molecule has 1 amide bonds. The maximum atomic E-state index is 14.5. The number of esters is 1. The molecular weight excluding hydrogens is 572 g/mol. The minimum atomic E-state index is -0.985. The van der Waals surface area contributed by atoms with Gasteiger partial charge in [0, 0.05) is 36.4 Å². The second kappa shape index (κ2) is 11.1. The lowest BCUT2D eigenvalue weighted by Crippen LogP contribution is -2.40. The van der Waals surface area contributed by atoms with E-state index in [9.17, 15) is 14.4 Å². The van der Waals surface area contributed by atoms with Crippen LogP contribution in [-0.2, 0) is 31.9 Å². The molecule has 232 valence electrons. The molecule has 0 atom stereocenters. The highest BCUT2D eigenvalue weighted by atomic mass is 16.8. The molecule has 45 heavy (non-hydrogen) atoms. The summed E-state index contributed by atoms with van der Waals surface area (Å²) in [6.45, 7) is 5.54. The van der Waals surface area contributed by atoms with E-state index in [1.165, 1.54) is 6.33 Å². The number of aryl methyl sites for hydroxylation is 1. The summed E-state index contributed by atoms with van der Waals surface area (Å²) in [5.74, 6) is -0.936. The minimum Gasteiger partial charge on any atom is -0.431 e. The van der Waals surface area contributed by atoms with Crippen LogP contribution in [0, 0.1) is 0 Å². The third-order valence-electron chi connectivity index (χ3n) is 9.11. The number of rotatable bonds is 7. The Labute approximate surface area is 260 Å². The molecule has 1 N–H and O–H groups in total. The van der Waals surface area contributed by atoms with Crippen LogP contribution >= 0.6 is 0 Å². The first-order valence-electron chi connectivity index (χ1n) is 15.6. The molecule has 1 aliphatic carbocycles. The van der Waals surface area contributed by atoms with E-state index in [4.69, 9.17) is 9.47 Å². The molecule has 2 fully saturated rings. The number of amides is 1. The van der Waals surface area contributed by atoms with Gasteiger partial charge >= 0.3 is 5.97 Å². The highest BCUT2D eigenvalue weighted by Crippen LogP contribution is 2.45. The second-order valence-corrected chi connectivity index (χ2v) is 12.7. The molecule has 3 aliphatic rings. The average Bonchev–Trinajstić information content (AvgIpc) is 3.74. The van der Waals surface area contributed by atoms with Crippen molar-refractivity contribution in [2.45, 2.75) is 89.6 Å². The minimum absolute atomic E-state index is 0.0895. The van der Waals surface area contributed by atoms with Crippen LogP contribution in [0.3, 0.4) is 0 Å². The number of nitrogens with zero attached hydrogens (tertiary/aromatic N) is 5. The first-order chi connectivity index (χ1) is 21.7. The molecule has 0 radical (unpaired) electrons. The van der Waals surface area contributed by atoms with Crippen molar-refractivity contribution < 1.29 is 19.1 Å². The van der Waals surface area contributed by atoms with E-state index < -0.39 is 11.4 Å². The van der Waals surface area contributed by atoms with Crippen LogP contribution in [0.4, 0.5) is 0 Å². The lowest BCUT2D eigenvalue weighted by atomic mass is 9.89. The predicted molar refractivity (Wildman–Crippen MR) is 167 cm³/mol. The lowest BCUT2D eigenvalue weighted by Gasteiger charge is -2.36. The Kier molecular flexibility index (Phi) is 7.15. The summed E-state index contributed by atoms with van der Waals surface area (Å²) in [4.78, 5) is 43.6. The van der Waals surface area contributed by atoms with E-state index in [2.05, 4.69) is 27.5 Å². The van der Waals surface area contributed by atoms with Crippen LogP contribution in [0.5, 0.6) is 0 Å². The van der Waals surface area contributed by atoms with Gasteiger partial charge in [-0.25, -0.2) is 14.7 Å². The third kappa shape index (κ3) is 5.14. The van der Waals surface area contributed by atoms with Crippen LogP contribution in [0.1, 0.15) is 87.7 Å². The molecule has 7 rings (SSSR count). The van der Waals surface area contributed by atoms with Crippen molar-refractivity contribution in [2.24, 2.45) is 5.10 Å². The van der Waals surface area contributed by atoms with Crippen molar-refractivity contribution in [1.29, 1.82) is 0 Å². The quantitative estimate of drug-likeness (QED) is 0.306. The zero-order valence-corrected chi connectivity index (χ0v) is 25.7. The summed E-state index contributed by atoms with van der Waals surface area (Å²) in [6, 6.07) is 16.0. The maximum absolute atomic E-state index is 14.5. The molecule has 1 saturated heterocycles. The van der Waals surface area contributed by atoms with Gasteiger partial charge in [0.15, 0.2) is 5.60 Å². The van der Waals surface area contributed by atoms with Crippen molar-refractivity contribution in [3.05, 3.63) is 87.6 Å². The van der Waals surface area contributed by atoms with Gasteiger partial charge in [-0.3, -0.25) is 14.2 Å². The topological polar surface area (TPSA) is 129 Å². The van der Waals surface area contributed by atoms with Gasteiger partial charge in [0.1, 0.15) is 6.33 Å². The van der Waals surface area contributed by atoms with Crippen LogP contribution in [0.15, 0.2) is 64.8 Å². The largest absolute Gasteiger partial charge is 0.431 e. The molecule has 2 aromatic carbocycles. The summed E-state index contributed by atoms with van der Waals surface area (Å²) < 4.78 is 15.4. The predicted octanol–water partition coefficient (Wildman–Crippen LogP) is 4.49. The summed E-state index contributed by atoms with van der Waals surface area (Å²) >= 11 is 0. The number of aromatic nitrogens is 4. The number of benzene rings is 2. The zero-order chi connectivity index (χ0) is 31.3. The van der Waals surface area contributed by atoms with E-state index in [-0.39, 0.29) is 29.9 Å². The van der Waals surface area contributed by atoms with E-state index in [0.717, 1.165) is 34.4 Å². The Morgan fingerprint density at radius 1 is 1.02 bits per heavy atom. The van der Waals surface area contributed by atoms with Crippen LogP contribution in [0.2, 0.25) is 0 Å². The van der Waals surface area contributed by atoms with Gasteiger partial charge in [0.2, 0.25) is 17.5 Å². The molecule has 11 nitrogen and oxygen atoms in total. The monoisotopic (exact) mass is 608 g/mol. The molecule has 4 aromatic rings. The Morgan fingerprint density at radius 3 is 2.47 bits per heavy atom. The summed E-state index contributed by atoms with van der Waals surface area (Å²) in [5, 5.41) is 8.89. The average molecular weight is 609 g/mol. The molecule has 11 heteroatoms. The van der Waals surface area contributed by atoms with Gasteiger partial charge in [0.25, 0.3) is 5.56 Å². The first kappa shape index (κ1) is 29.1. The number of hydrogen-bond donors (Lipinski definition) is 1. The molecule has 1 spiro atoms. The summed E-state index contributed by atoms with van der Waals surface area (Å²) in [5.41, 5.74) is 7.48. The summed E-state index contributed by atoms with van der Waals surface area (Å²) in [7, 11) is 0. The smallest absolute Gasteiger partial charge is 0.340 e. The van der Waals surface area contributed by atoms with Crippen LogP contribution < -0.4 is 11.0 Å². The van der Waals surface area contributed by atoms with Crippen molar-refractivity contribution in [2.75, 3.05) is 0 Å². The van der Waals surface area contributed by atoms with Gasteiger partial charge in [-0.15, -0.1) is 0 Å². The van der Waals surface area contributed by atoms with Gasteiger partial charge in [-0.2, -0.15) is 15.2 Å². The van der Waals surface area contributed by atoms with Crippen molar-refractivity contribution >= 4 is 23.4 Å². The molecule has 4 heterocycles. The number of hydrazone groups is 1. The highest BCUT2D eigenvalue weighted by molar-refractivity contribution is 6.16. The molecule has 2 aromatic heterocycles. The Balaban J connectivity index is 1.28. The fourth-order valence-electron chi connectivity index (χ4n) is 6.93. The lowest BCUT2D eigenvalue weighted by molar-refractivity contribution is -0.204. The molecule has 0 bridgehead atoms. The van der Waals surface area contributed by atoms with Crippen molar-refractivity contribution in [1.82, 2.24) is 24.6 Å².